The van der Waals surface area contributed by atoms with E-state index in [1.54, 1.807) is 12.1 Å². The first-order valence-electron chi connectivity index (χ1n) is 5.72. The van der Waals surface area contributed by atoms with Crippen LogP contribution in [0.4, 0.5) is 5.69 Å². The number of benzene rings is 2. The molecule has 2 rings (SSSR count). The third-order valence-electron chi connectivity index (χ3n) is 2.64. The number of amides is 1. The summed E-state index contributed by atoms with van der Waals surface area (Å²) in [6, 6.07) is 7.70. The quantitative estimate of drug-likeness (QED) is 0.773. The number of hydrogen-bond acceptors (Lipinski definition) is 2. The topological polar surface area (TPSA) is 38.3 Å². The monoisotopic (exact) mass is 363 g/mol. The number of nitrogens with one attached hydrogen (secondary N) is 1. The Labute approximate surface area is 141 Å². The Balaban J connectivity index is 2.36. The second-order valence-electron chi connectivity index (χ2n) is 4.05. The first kappa shape index (κ1) is 16.2. The number of carbonyl (C=O) groups excluding carboxylic acids is 1. The van der Waals surface area contributed by atoms with Crippen molar-refractivity contribution in [2.45, 2.75) is 0 Å². The summed E-state index contributed by atoms with van der Waals surface area (Å²) in [6.07, 6.45) is 0. The third-order valence-corrected chi connectivity index (χ3v) is 3.68. The maximum absolute atomic E-state index is 12.3. The Hall–Kier alpha value is -1.13. The van der Waals surface area contributed by atoms with E-state index in [2.05, 4.69) is 5.32 Å². The molecule has 0 atom stereocenters. The standard InChI is InChI=1S/C14H9Cl4NO2/c1-21-13-9(4-8(16)6-11(13)18)14(20)19-12-3-2-7(15)5-10(12)17/h2-6H,1H3,(H,19,20). The van der Waals surface area contributed by atoms with Crippen molar-refractivity contribution in [2.75, 3.05) is 12.4 Å². The molecule has 0 bridgehead atoms. The normalized spacial score (nSPS) is 10.3. The van der Waals surface area contributed by atoms with E-state index in [9.17, 15) is 4.79 Å². The summed E-state index contributed by atoms with van der Waals surface area (Å²) in [6.45, 7) is 0. The van der Waals surface area contributed by atoms with Crippen LogP contribution in [0.25, 0.3) is 0 Å². The highest BCUT2D eigenvalue weighted by atomic mass is 35.5. The van der Waals surface area contributed by atoms with Crippen LogP contribution in [-0.4, -0.2) is 13.0 Å². The summed E-state index contributed by atoms with van der Waals surface area (Å²) in [5.74, 6) is -0.205. The molecule has 0 heterocycles. The summed E-state index contributed by atoms with van der Waals surface area (Å²) >= 11 is 23.7. The Morgan fingerprint density at radius 3 is 2.29 bits per heavy atom. The van der Waals surface area contributed by atoms with E-state index in [0.717, 1.165) is 0 Å². The van der Waals surface area contributed by atoms with Gasteiger partial charge in [-0.2, -0.15) is 0 Å². The molecule has 1 N–H and O–H groups in total. The van der Waals surface area contributed by atoms with Crippen molar-refractivity contribution < 1.29 is 9.53 Å². The minimum Gasteiger partial charge on any atom is -0.494 e. The molecular weight excluding hydrogens is 356 g/mol. The molecule has 0 radical (unpaired) electrons. The Morgan fingerprint density at radius 1 is 1.00 bits per heavy atom. The molecule has 3 nitrogen and oxygen atoms in total. The van der Waals surface area contributed by atoms with Crippen molar-refractivity contribution in [3.05, 3.63) is 56.0 Å². The highest BCUT2D eigenvalue weighted by Gasteiger charge is 2.17. The van der Waals surface area contributed by atoms with Gasteiger partial charge in [-0.1, -0.05) is 46.4 Å². The third kappa shape index (κ3) is 3.74. The van der Waals surface area contributed by atoms with Crippen LogP contribution >= 0.6 is 46.4 Å². The molecule has 0 aliphatic heterocycles. The molecule has 0 aliphatic carbocycles. The molecule has 21 heavy (non-hydrogen) atoms. The van der Waals surface area contributed by atoms with Gasteiger partial charge in [-0.05, 0) is 30.3 Å². The van der Waals surface area contributed by atoms with Crippen molar-refractivity contribution in [3.63, 3.8) is 0 Å². The van der Waals surface area contributed by atoms with Gasteiger partial charge in [0.15, 0.2) is 0 Å². The van der Waals surface area contributed by atoms with E-state index < -0.39 is 5.91 Å². The summed E-state index contributed by atoms with van der Waals surface area (Å²) in [7, 11) is 1.42. The zero-order valence-corrected chi connectivity index (χ0v) is 13.7. The number of rotatable bonds is 3. The SMILES string of the molecule is COc1c(Cl)cc(Cl)cc1C(=O)Nc1ccc(Cl)cc1Cl. The predicted molar refractivity (Wildman–Crippen MR) is 87.4 cm³/mol. The van der Waals surface area contributed by atoms with Gasteiger partial charge < -0.3 is 10.1 Å². The minimum atomic E-state index is -0.444. The highest BCUT2D eigenvalue weighted by Crippen LogP contribution is 2.33. The van der Waals surface area contributed by atoms with E-state index in [4.69, 9.17) is 51.1 Å². The molecule has 0 aliphatic rings. The molecule has 0 saturated carbocycles. The Bertz CT molecular complexity index is 704. The second-order valence-corrected chi connectivity index (χ2v) is 5.73. The zero-order chi connectivity index (χ0) is 15.6. The van der Waals surface area contributed by atoms with Crippen LogP contribution < -0.4 is 10.1 Å². The van der Waals surface area contributed by atoms with Gasteiger partial charge in [0.2, 0.25) is 0 Å². The van der Waals surface area contributed by atoms with Crippen LogP contribution in [0.3, 0.4) is 0 Å². The molecule has 1 amide bonds. The Morgan fingerprint density at radius 2 is 1.67 bits per heavy atom. The smallest absolute Gasteiger partial charge is 0.259 e. The average molecular weight is 365 g/mol. The largest absolute Gasteiger partial charge is 0.494 e. The molecule has 2 aromatic rings. The highest BCUT2D eigenvalue weighted by molar-refractivity contribution is 6.38. The fraction of sp³-hybridized carbons (Fsp3) is 0.0714. The molecule has 0 aromatic heterocycles. The van der Waals surface area contributed by atoms with Gasteiger partial charge in [-0.3, -0.25) is 4.79 Å². The van der Waals surface area contributed by atoms with Crippen LogP contribution in [0, 0.1) is 0 Å². The zero-order valence-electron chi connectivity index (χ0n) is 10.7. The van der Waals surface area contributed by atoms with Gasteiger partial charge in [0.05, 0.1) is 28.4 Å². The summed E-state index contributed by atoms with van der Waals surface area (Å²) in [4.78, 5) is 12.3. The maximum atomic E-state index is 12.3. The molecule has 0 unspecified atom stereocenters. The molecule has 7 heteroatoms. The first-order chi connectivity index (χ1) is 9.92. The average Bonchev–Trinajstić information content (AvgIpc) is 2.41. The van der Waals surface area contributed by atoms with E-state index >= 15 is 0 Å². The number of methoxy groups -OCH3 is 1. The first-order valence-corrected chi connectivity index (χ1v) is 7.23. The van der Waals surface area contributed by atoms with Crippen LogP contribution in [0.15, 0.2) is 30.3 Å². The van der Waals surface area contributed by atoms with Gasteiger partial charge in [0.1, 0.15) is 5.75 Å². The van der Waals surface area contributed by atoms with Crippen LogP contribution in [0.1, 0.15) is 10.4 Å². The van der Waals surface area contributed by atoms with Crippen molar-refractivity contribution in [1.29, 1.82) is 0 Å². The molecule has 0 spiro atoms. The Kier molecular flexibility index (Phi) is 5.22. The number of carbonyl (C=O) groups is 1. The number of hydrogen-bond donors (Lipinski definition) is 1. The maximum Gasteiger partial charge on any atom is 0.259 e. The van der Waals surface area contributed by atoms with E-state index in [1.807, 2.05) is 0 Å². The molecule has 2 aromatic carbocycles. The summed E-state index contributed by atoms with van der Waals surface area (Å²) in [5, 5.41) is 4.03. The van der Waals surface area contributed by atoms with E-state index in [1.165, 1.54) is 25.3 Å². The number of anilines is 1. The van der Waals surface area contributed by atoms with Crippen LogP contribution in [-0.2, 0) is 0 Å². The summed E-state index contributed by atoms with van der Waals surface area (Å²) < 4.78 is 5.13. The molecular formula is C14H9Cl4NO2. The van der Waals surface area contributed by atoms with Crippen molar-refractivity contribution in [1.82, 2.24) is 0 Å². The van der Waals surface area contributed by atoms with Gasteiger partial charge in [-0.25, -0.2) is 0 Å². The van der Waals surface area contributed by atoms with Crippen molar-refractivity contribution in [3.8, 4) is 5.75 Å². The lowest BCUT2D eigenvalue weighted by atomic mass is 10.1. The van der Waals surface area contributed by atoms with Gasteiger partial charge >= 0.3 is 0 Å². The lowest BCUT2D eigenvalue weighted by molar-refractivity contribution is 0.102. The summed E-state index contributed by atoms with van der Waals surface area (Å²) in [5.41, 5.74) is 0.630. The second kappa shape index (κ2) is 6.75. The van der Waals surface area contributed by atoms with Crippen LogP contribution in [0.5, 0.6) is 5.75 Å². The van der Waals surface area contributed by atoms with Gasteiger partial charge in [0, 0.05) is 10.0 Å². The predicted octanol–water partition coefficient (Wildman–Crippen LogP) is 5.56. The van der Waals surface area contributed by atoms with E-state index in [0.29, 0.717) is 20.8 Å². The van der Waals surface area contributed by atoms with Crippen LogP contribution in [0.2, 0.25) is 20.1 Å². The van der Waals surface area contributed by atoms with Gasteiger partial charge in [0.25, 0.3) is 5.91 Å². The fourth-order valence-corrected chi connectivity index (χ4v) is 2.74. The minimum absolute atomic E-state index is 0.209. The van der Waals surface area contributed by atoms with Gasteiger partial charge in [-0.15, -0.1) is 0 Å². The molecule has 0 fully saturated rings. The fourth-order valence-electron chi connectivity index (χ4n) is 1.72. The van der Waals surface area contributed by atoms with Crippen molar-refractivity contribution >= 4 is 58.0 Å². The lowest BCUT2D eigenvalue weighted by Crippen LogP contribution is -2.13. The molecule has 110 valence electrons. The molecule has 0 saturated heterocycles. The van der Waals surface area contributed by atoms with Crippen molar-refractivity contribution in [2.24, 2.45) is 0 Å². The van der Waals surface area contributed by atoms with E-state index in [-0.39, 0.29) is 16.3 Å². The number of ether oxygens (including phenoxy) is 1. The lowest BCUT2D eigenvalue weighted by Gasteiger charge is -2.12. The number of halogens is 4.